The highest BCUT2D eigenvalue weighted by Gasteiger charge is 2.43. The second-order valence-corrected chi connectivity index (χ2v) is 24.9. The highest BCUT2D eigenvalue weighted by Crippen LogP contribution is 2.48. The van der Waals surface area contributed by atoms with Crippen LogP contribution in [0.15, 0.2) is 140 Å². The molecule has 0 saturated heterocycles. The summed E-state index contributed by atoms with van der Waals surface area (Å²) in [5.41, 5.74) is 27.5. The molecule has 2 aliphatic rings. The number of benzene rings is 8. The van der Waals surface area contributed by atoms with Gasteiger partial charge in [0, 0.05) is 43.8 Å². The lowest BCUT2D eigenvalue weighted by Crippen LogP contribution is -2.55. The first-order valence-electron chi connectivity index (χ1n) is 25.3. The molecule has 2 nitrogen and oxygen atoms in total. The van der Waals surface area contributed by atoms with Crippen LogP contribution in [0.2, 0.25) is 0 Å². The third-order valence-electron chi connectivity index (χ3n) is 15.8. The van der Waals surface area contributed by atoms with Crippen molar-refractivity contribution < 1.29 is 0 Å². The first-order valence-corrected chi connectivity index (χ1v) is 25.3. The molecular formula is C66H65BN2. The Balaban J connectivity index is 1.25. The van der Waals surface area contributed by atoms with Crippen molar-refractivity contribution in [1.82, 2.24) is 9.05 Å². The topological polar surface area (TPSA) is 9.86 Å². The second-order valence-electron chi connectivity index (χ2n) is 24.9. The van der Waals surface area contributed by atoms with E-state index < -0.39 is 0 Å². The predicted octanol–water partition coefficient (Wildman–Crippen LogP) is 16.6. The van der Waals surface area contributed by atoms with Crippen LogP contribution in [0.25, 0.3) is 93.8 Å². The van der Waals surface area contributed by atoms with Crippen LogP contribution in [-0.2, 0) is 21.7 Å². The fourth-order valence-electron chi connectivity index (χ4n) is 11.9. The van der Waals surface area contributed by atoms with Crippen LogP contribution in [0.5, 0.6) is 0 Å². The molecule has 2 aliphatic heterocycles. The van der Waals surface area contributed by atoms with Crippen molar-refractivity contribution in [1.29, 1.82) is 0 Å². The maximum absolute atomic E-state index is 2.76. The first kappa shape index (κ1) is 43.7. The summed E-state index contributed by atoms with van der Waals surface area (Å²) in [7, 11) is 0. The molecule has 0 aliphatic carbocycles. The number of fused-ring (bicyclic) bond motifs is 10. The van der Waals surface area contributed by atoms with E-state index in [4.69, 9.17) is 0 Å². The molecule has 8 aromatic carbocycles. The minimum atomic E-state index is -0.0608. The van der Waals surface area contributed by atoms with Crippen molar-refractivity contribution in [3.05, 3.63) is 173 Å². The Morgan fingerprint density at radius 1 is 0.348 bits per heavy atom. The normalized spacial score (nSPS) is 13.6. The molecular weight excluding hydrogens is 832 g/mol. The van der Waals surface area contributed by atoms with E-state index in [2.05, 4.69) is 246 Å². The van der Waals surface area contributed by atoms with Gasteiger partial charge in [0.25, 0.3) is 0 Å². The zero-order valence-electron chi connectivity index (χ0n) is 43.3. The average molecular weight is 897 g/mol. The molecule has 2 aromatic heterocycles. The largest absolute Gasteiger partial charge is 0.375 e. The highest BCUT2D eigenvalue weighted by atomic mass is 15.0. The lowest BCUT2D eigenvalue weighted by molar-refractivity contribution is 0.590. The number of nitrogens with zero attached hydrogens (tertiary/aromatic N) is 2. The molecule has 0 spiro atoms. The summed E-state index contributed by atoms with van der Waals surface area (Å²) in [5.74, 6) is 0. The number of rotatable bonds is 3. The van der Waals surface area contributed by atoms with E-state index >= 15 is 0 Å². The Hall–Kier alpha value is -6.58. The Labute approximate surface area is 410 Å². The summed E-state index contributed by atoms with van der Waals surface area (Å²) < 4.78 is 5.41. The van der Waals surface area contributed by atoms with Crippen LogP contribution >= 0.6 is 0 Å². The highest BCUT2D eigenvalue weighted by molar-refractivity contribution is 6.90. The van der Waals surface area contributed by atoms with E-state index in [9.17, 15) is 0 Å². The molecule has 0 N–H and O–H groups in total. The third kappa shape index (κ3) is 6.74. The van der Waals surface area contributed by atoms with Crippen molar-refractivity contribution in [2.24, 2.45) is 0 Å². The standard InChI is InChI=1S/C66H65BN2/c1-38-27-39(2)29-43(28-38)45-31-52-55-37-49(66(12,13)14)36-54-51-35-48(65(9,10)11)24-26-58(51)69(61(54)55)67-56-33-44(41-17-22-47(23-18-41)64(6,7)8)32-53-50-30-42(40-15-20-46(21-16-40)63(3,4)5)19-25-57(50)68(62(53)56)59(34-45)60(52)67/h15-37H,1-14H3. The van der Waals surface area contributed by atoms with Gasteiger partial charge in [-0.25, -0.2) is 0 Å². The summed E-state index contributed by atoms with van der Waals surface area (Å²) in [5, 5.41) is 5.27. The molecule has 69 heavy (non-hydrogen) atoms. The van der Waals surface area contributed by atoms with Gasteiger partial charge >= 0.3 is 6.85 Å². The molecule has 12 rings (SSSR count). The Bertz CT molecular complexity index is 3780. The SMILES string of the molecule is Cc1cc(C)cc(-c2cc3c4c(c2)-n2c5ccc(-c6ccc(C(C)(C)C)cc6)cc5c5cc(-c6ccc(C(C)(C)C)cc6)cc(c52)B4n2c4ccc(C(C)(C)C)cc4c4cc(C(C)(C)C)cc-3c42)c1. The van der Waals surface area contributed by atoms with Crippen LogP contribution < -0.4 is 10.9 Å². The second kappa shape index (κ2) is 14.5. The van der Waals surface area contributed by atoms with Crippen molar-refractivity contribution in [3.63, 3.8) is 0 Å². The number of aromatic nitrogens is 2. The smallest absolute Gasteiger partial charge is 0.333 e. The first-order chi connectivity index (χ1) is 32.5. The summed E-state index contributed by atoms with van der Waals surface area (Å²) >= 11 is 0. The lowest BCUT2D eigenvalue weighted by atomic mass is 9.45. The van der Waals surface area contributed by atoms with Gasteiger partial charge in [-0.1, -0.05) is 179 Å². The summed E-state index contributed by atoms with van der Waals surface area (Å²) in [6.07, 6.45) is 0. The van der Waals surface area contributed by atoms with E-state index in [-0.39, 0.29) is 28.5 Å². The van der Waals surface area contributed by atoms with Gasteiger partial charge in [-0.05, 0) is 162 Å². The van der Waals surface area contributed by atoms with Gasteiger partial charge in [-0.2, -0.15) is 0 Å². The van der Waals surface area contributed by atoms with Crippen LogP contribution in [0.1, 0.15) is 116 Å². The van der Waals surface area contributed by atoms with Crippen molar-refractivity contribution in [3.8, 4) is 50.2 Å². The van der Waals surface area contributed by atoms with Gasteiger partial charge in [0.1, 0.15) is 0 Å². The van der Waals surface area contributed by atoms with Gasteiger partial charge < -0.3 is 9.05 Å². The minimum Gasteiger partial charge on any atom is -0.375 e. The molecule has 3 heteroatoms. The minimum absolute atomic E-state index is 0.00648. The van der Waals surface area contributed by atoms with Crippen molar-refractivity contribution in [2.45, 2.75) is 119 Å². The monoisotopic (exact) mass is 897 g/mol. The zero-order valence-corrected chi connectivity index (χ0v) is 43.3. The van der Waals surface area contributed by atoms with Gasteiger partial charge in [0.2, 0.25) is 0 Å². The maximum Gasteiger partial charge on any atom is 0.333 e. The summed E-state index contributed by atoms with van der Waals surface area (Å²) in [6, 6.07) is 55.5. The predicted molar refractivity (Wildman–Crippen MR) is 300 cm³/mol. The zero-order chi connectivity index (χ0) is 48.4. The van der Waals surface area contributed by atoms with Crippen molar-refractivity contribution in [2.75, 3.05) is 0 Å². The molecule has 10 aromatic rings. The molecule has 0 atom stereocenters. The van der Waals surface area contributed by atoms with E-state index in [0.29, 0.717) is 0 Å². The molecule has 0 radical (unpaired) electrons. The van der Waals surface area contributed by atoms with Crippen LogP contribution in [0.4, 0.5) is 0 Å². The van der Waals surface area contributed by atoms with E-state index in [1.54, 1.807) is 0 Å². The summed E-state index contributed by atoms with van der Waals surface area (Å²) in [6.45, 7) is 32.3. The molecule has 4 heterocycles. The number of hydrogen-bond donors (Lipinski definition) is 0. The molecule has 0 amide bonds. The quantitative estimate of drug-likeness (QED) is 0.156. The average Bonchev–Trinajstić information content (AvgIpc) is 3.80. The van der Waals surface area contributed by atoms with Crippen LogP contribution in [-0.4, -0.2) is 15.9 Å². The molecule has 0 unspecified atom stereocenters. The van der Waals surface area contributed by atoms with Crippen molar-refractivity contribution >= 4 is 61.4 Å². The van der Waals surface area contributed by atoms with Crippen LogP contribution in [0.3, 0.4) is 0 Å². The Morgan fingerprint density at radius 3 is 1.43 bits per heavy atom. The van der Waals surface area contributed by atoms with Gasteiger partial charge in [-0.15, -0.1) is 0 Å². The van der Waals surface area contributed by atoms with E-state index in [1.807, 2.05) is 0 Å². The molecule has 0 bridgehead atoms. The Morgan fingerprint density at radius 2 is 0.826 bits per heavy atom. The lowest BCUT2D eigenvalue weighted by Gasteiger charge is -2.35. The maximum atomic E-state index is 2.76. The summed E-state index contributed by atoms with van der Waals surface area (Å²) in [4.78, 5) is 0. The fraction of sp³-hybridized carbons (Fsp3) is 0.273. The number of aryl methyl sites for hydroxylation is 2. The number of hydrogen-bond acceptors (Lipinski definition) is 0. The fourth-order valence-corrected chi connectivity index (χ4v) is 11.9. The Kier molecular flexibility index (Phi) is 9.17. The van der Waals surface area contributed by atoms with E-state index in [0.717, 1.165) is 0 Å². The third-order valence-corrected chi connectivity index (χ3v) is 15.8. The molecule has 342 valence electrons. The van der Waals surface area contributed by atoms with Gasteiger partial charge in [0.15, 0.2) is 0 Å². The van der Waals surface area contributed by atoms with Gasteiger partial charge in [-0.3, -0.25) is 0 Å². The molecule has 0 saturated carbocycles. The molecule has 0 fully saturated rings. The van der Waals surface area contributed by atoms with Gasteiger partial charge in [0.05, 0.1) is 11.0 Å². The van der Waals surface area contributed by atoms with E-state index in [1.165, 1.54) is 138 Å². The van der Waals surface area contributed by atoms with Crippen LogP contribution in [0, 0.1) is 13.8 Å².